The predicted octanol–water partition coefficient (Wildman–Crippen LogP) is 5.22. The number of phenols is 1. The summed E-state index contributed by atoms with van der Waals surface area (Å²) in [4.78, 5) is 28.9. The van der Waals surface area contributed by atoms with Crippen molar-refractivity contribution in [3.05, 3.63) is 100 Å². The van der Waals surface area contributed by atoms with Crippen LogP contribution < -0.4 is 10.4 Å². The molecule has 1 aliphatic carbocycles. The van der Waals surface area contributed by atoms with E-state index in [9.17, 15) is 24.7 Å². The maximum Gasteiger partial charge on any atom is 0.488 e. The van der Waals surface area contributed by atoms with Crippen molar-refractivity contribution in [2.75, 3.05) is 11.5 Å². The molecule has 0 bridgehead atoms. The van der Waals surface area contributed by atoms with Gasteiger partial charge in [-0.25, -0.2) is 0 Å². The zero-order valence-electron chi connectivity index (χ0n) is 24.7. The third-order valence-corrected chi connectivity index (χ3v) is 9.53. The van der Waals surface area contributed by atoms with Gasteiger partial charge < -0.3 is 19.9 Å². The zero-order valence-corrected chi connectivity index (χ0v) is 25.4. The van der Waals surface area contributed by atoms with Gasteiger partial charge in [0.25, 0.3) is 0 Å². The number of anilines is 1. The molecule has 3 aromatic carbocycles. The molecule has 3 aliphatic rings. The number of nitrogens with zero attached hydrogens (tertiary/aromatic N) is 1. The fourth-order valence-electron chi connectivity index (χ4n) is 7.10. The highest BCUT2D eigenvalue weighted by atomic mass is 35.5. The zero-order chi connectivity index (χ0) is 31.1. The summed E-state index contributed by atoms with van der Waals surface area (Å²) >= 11 is 6.47. The second kappa shape index (κ2) is 12.4. The van der Waals surface area contributed by atoms with E-state index in [1.807, 2.05) is 24.3 Å². The van der Waals surface area contributed by atoms with Gasteiger partial charge in [-0.3, -0.25) is 14.5 Å². The predicted molar refractivity (Wildman–Crippen MR) is 172 cm³/mol. The SMILES string of the molecule is CC(C)C1=C2[C@@H](CC/C(=C/c3ccc(O)cc3Cl)c3ccccc3)OC[C@@H]2[C@@H]2C(=O)N(c3cccc(B(O)O)c3)C(=O)[C@@H]2C1. The molecule has 2 aliphatic heterocycles. The lowest BCUT2D eigenvalue weighted by molar-refractivity contribution is -0.122. The average molecular weight is 612 g/mol. The van der Waals surface area contributed by atoms with Crippen LogP contribution in [-0.4, -0.2) is 46.8 Å². The van der Waals surface area contributed by atoms with Crippen LogP contribution in [0.1, 0.15) is 44.2 Å². The number of carbonyl (C=O) groups excluding carboxylic acids is 2. The van der Waals surface area contributed by atoms with E-state index < -0.39 is 19.0 Å². The molecule has 0 radical (unpaired) electrons. The van der Waals surface area contributed by atoms with Crippen LogP contribution in [0.5, 0.6) is 5.75 Å². The fourth-order valence-corrected chi connectivity index (χ4v) is 7.33. The summed E-state index contributed by atoms with van der Waals surface area (Å²) in [7, 11) is -1.70. The molecule has 44 heavy (non-hydrogen) atoms. The largest absolute Gasteiger partial charge is 0.508 e. The summed E-state index contributed by atoms with van der Waals surface area (Å²) in [5.41, 5.74) is 5.87. The standard InChI is InChI=1S/C35H35BClNO6/c1-20(2)27-18-28-33(35(41)38(34(28)40)25-10-6-9-24(16-25)36(42)43)29-19-44-31(32(27)29)14-12-22(21-7-4-3-5-8-21)15-23-11-13-26(39)17-30(23)37/h3-11,13,15-17,20,28-29,31,33,39,42-43H,12,14,18-19H2,1-2H3/b22-15-/t28-,29+,31-,33-/m1/s1. The van der Waals surface area contributed by atoms with E-state index in [-0.39, 0.29) is 41.0 Å². The molecular weight excluding hydrogens is 577 g/mol. The number of ether oxygens (including phenoxy) is 1. The van der Waals surface area contributed by atoms with Gasteiger partial charge >= 0.3 is 7.12 Å². The van der Waals surface area contributed by atoms with Crippen molar-refractivity contribution in [3.8, 4) is 5.75 Å². The molecule has 2 saturated heterocycles. The minimum Gasteiger partial charge on any atom is -0.508 e. The molecule has 6 rings (SSSR count). The highest BCUT2D eigenvalue weighted by Crippen LogP contribution is 2.52. The first-order valence-electron chi connectivity index (χ1n) is 15.1. The summed E-state index contributed by atoms with van der Waals surface area (Å²) in [5.74, 6) is -1.40. The Balaban J connectivity index is 1.29. The van der Waals surface area contributed by atoms with E-state index in [2.05, 4.69) is 26.0 Å². The molecule has 7 nitrogen and oxygen atoms in total. The van der Waals surface area contributed by atoms with Gasteiger partial charge in [0, 0.05) is 5.92 Å². The summed E-state index contributed by atoms with van der Waals surface area (Å²) in [6, 6.07) is 21.3. The molecule has 0 unspecified atom stereocenters. The first-order valence-corrected chi connectivity index (χ1v) is 15.4. The Morgan fingerprint density at radius 3 is 2.50 bits per heavy atom. The van der Waals surface area contributed by atoms with Crippen molar-refractivity contribution < 1.29 is 29.5 Å². The van der Waals surface area contributed by atoms with Crippen LogP contribution in [0.15, 0.2) is 83.9 Å². The van der Waals surface area contributed by atoms with Gasteiger partial charge in [0.2, 0.25) is 11.8 Å². The lowest BCUT2D eigenvalue weighted by Gasteiger charge is -2.33. The molecule has 2 fully saturated rings. The monoisotopic (exact) mass is 611 g/mol. The van der Waals surface area contributed by atoms with Crippen molar-refractivity contribution in [2.24, 2.45) is 23.7 Å². The van der Waals surface area contributed by atoms with Gasteiger partial charge in [0.15, 0.2) is 0 Å². The van der Waals surface area contributed by atoms with Gasteiger partial charge in [-0.05, 0) is 89.3 Å². The van der Waals surface area contributed by atoms with E-state index in [1.165, 1.54) is 22.6 Å². The molecule has 226 valence electrons. The highest BCUT2D eigenvalue weighted by molar-refractivity contribution is 6.58. The van der Waals surface area contributed by atoms with Crippen molar-refractivity contribution in [1.82, 2.24) is 0 Å². The number of allylic oxidation sites excluding steroid dienone is 2. The number of carbonyl (C=O) groups is 2. The Hall–Kier alpha value is -3.69. The van der Waals surface area contributed by atoms with E-state index in [0.717, 1.165) is 22.3 Å². The van der Waals surface area contributed by atoms with E-state index in [0.29, 0.717) is 36.6 Å². The molecule has 3 aromatic rings. The van der Waals surface area contributed by atoms with Gasteiger partial charge in [-0.1, -0.05) is 73.5 Å². The maximum atomic E-state index is 13.9. The first kappa shape index (κ1) is 30.3. The van der Waals surface area contributed by atoms with Crippen molar-refractivity contribution >= 4 is 53.3 Å². The molecule has 2 amide bonds. The Kier molecular flexibility index (Phi) is 8.53. The molecule has 2 heterocycles. The molecule has 0 saturated carbocycles. The van der Waals surface area contributed by atoms with Crippen LogP contribution in [0.25, 0.3) is 11.6 Å². The Bertz CT molecular complexity index is 1650. The topological polar surface area (TPSA) is 107 Å². The van der Waals surface area contributed by atoms with Crippen LogP contribution in [0.2, 0.25) is 5.02 Å². The second-order valence-electron chi connectivity index (χ2n) is 12.2. The van der Waals surface area contributed by atoms with Crippen LogP contribution >= 0.6 is 11.6 Å². The van der Waals surface area contributed by atoms with Gasteiger partial charge in [0.1, 0.15) is 5.75 Å². The Labute approximate surface area is 262 Å². The quantitative estimate of drug-likeness (QED) is 0.140. The number of hydrogen-bond donors (Lipinski definition) is 3. The molecule has 0 spiro atoms. The van der Waals surface area contributed by atoms with E-state index >= 15 is 0 Å². The number of hydrogen-bond acceptors (Lipinski definition) is 6. The molecule has 3 N–H and O–H groups in total. The lowest BCUT2D eigenvalue weighted by Crippen LogP contribution is -2.36. The second-order valence-corrected chi connectivity index (χ2v) is 12.6. The van der Waals surface area contributed by atoms with Crippen LogP contribution in [0.4, 0.5) is 5.69 Å². The number of imide groups is 1. The van der Waals surface area contributed by atoms with Crippen molar-refractivity contribution in [1.29, 1.82) is 0 Å². The van der Waals surface area contributed by atoms with E-state index in [4.69, 9.17) is 16.3 Å². The Morgan fingerprint density at radius 2 is 1.80 bits per heavy atom. The van der Waals surface area contributed by atoms with Gasteiger partial charge in [-0.15, -0.1) is 0 Å². The maximum absolute atomic E-state index is 13.9. The van der Waals surface area contributed by atoms with Crippen molar-refractivity contribution in [2.45, 2.75) is 39.2 Å². The van der Waals surface area contributed by atoms with Gasteiger partial charge in [-0.2, -0.15) is 0 Å². The summed E-state index contributed by atoms with van der Waals surface area (Å²) in [6.45, 7) is 4.62. The van der Waals surface area contributed by atoms with Gasteiger partial charge in [0.05, 0.1) is 35.3 Å². The highest BCUT2D eigenvalue weighted by Gasteiger charge is 2.57. The number of rotatable bonds is 8. The average Bonchev–Trinajstić information content (AvgIpc) is 3.54. The number of halogens is 1. The van der Waals surface area contributed by atoms with Crippen molar-refractivity contribution in [3.63, 3.8) is 0 Å². The van der Waals surface area contributed by atoms with Crippen LogP contribution in [0.3, 0.4) is 0 Å². The summed E-state index contributed by atoms with van der Waals surface area (Å²) in [6.07, 6.45) is 3.74. The normalized spacial score (nSPS) is 23.4. The first-order chi connectivity index (χ1) is 21.1. The Morgan fingerprint density at radius 1 is 1.02 bits per heavy atom. The minimum atomic E-state index is -1.70. The minimum absolute atomic E-state index is 0.111. The summed E-state index contributed by atoms with van der Waals surface area (Å²) in [5, 5.41) is 29.6. The molecular formula is C35H35BClNO6. The number of benzene rings is 3. The van der Waals surface area contributed by atoms with Crippen LogP contribution in [-0.2, 0) is 14.3 Å². The number of fused-ring (bicyclic) bond motifs is 3. The lowest BCUT2D eigenvalue weighted by atomic mass is 9.67. The third-order valence-electron chi connectivity index (χ3n) is 9.20. The number of aromatic hydroxyl groups is 1. The third kappa shape index (κ3) is 5.63. The smallest absolute Gasteiger partial charge is 0.488 e. The number of phenolic OH excluding ortho intramolecular Hbond substituents is 1. The van der Waals surface area contributed by atoms with E-state index in [1.54, 1.807) is 30.3 Å². The van der Waals surface area contributed by atoms with Crippen LogP contribution in [0, 0.1) is 23.7 Å². The number of amides is 2. The fraction of sp³-hybridized carbons (Fsp3) is 0.314. The molecule has 9 heteroatoms. The summed E-state index contributed by atoms with van der Waals surface area (Å²) < 4.78 is 6.45. The molecule has 4 atom stereocenters. The molecule has 0 aromatic heterocycles.